The second-order valence-corrected chi connectivity index (χ2v) is 4.96. The largest absolute Gasteiger partial charge is 0.478 e. The van der Waals surface area contributed by atoms with Gasteiger partial charge in [-0.25, -0.2) is 9.59 Å². The molecular weight excluding hydrogens is 314 g/mol. The van der Waals surface area contributed by atoms with E-state index in [4.69, 9.17) is 10.2 Å². The van der Waals surface area contributed by atoms with Crippen molar-refractivity contribution in [3.63, 3.8) is 0 Å². The van der Waals surface area contributed by atoms with Crippen molar-refractivity contribution in [2.24, 2.45) is 0 Å². The molecule has 0 aromatic heterocycles. The summed E-state index contributed by atoms with van der Waals surface area (Å²) in [5.41, 5.74) is 0.358. The van der Waals surface area contributed by atoms with E-state index < -0.39 is 23.6 Å². The lowest BCUT2D eigenvalue weighted by Crippen LogP contribution is -2.16. The molecule has 0 fully saturated rings. The summed E-state index contributed by atoms with van der Waals surface area (Å²) in [7, 11) is 0. The number of carboxylic acid groups (broad SMARTS) is 2. The van der Waals surface area contributed by atoms with Crippen LogP contribution in [0, 0.1) is 0 Å². The van der Waals surface area contributed by atoms with Crippen LogP contribution in [0.3, 0.4) is 0 Å². The van der Waals surface area contributed by atoms with Crippen molar-refractivity contribution in [1.82, 2.24) is 0 Å². The van der Waals surface area contributed by atoms with Crippen LogP contribution >= 0.6 is 0 Å². The van der Waals surface area contributed by atoms with Gasteiger partial charge in [0.15, 0.2) is 5.78 Å². The predicted octanol–water partition coefficient (Wildman–Crippen LogP) is 2.54. The third-order valence-corrected chi connectivity index (χ3v) is 3.28. The van der Waals surface area contributed by atoms with E-state index in [1.165, 1.54) is 43.3 Å². The Balaban J connectivity index is 2.30. The zero-order valence-corrected chi connectivity index (χ0v) is 12.6. The lowest BCUT2D eigenvalue weighted by atomic mass is 10.00. The van der Waals surface area contributed by atoms with Crippen LogP contribution in [0.25, 0.3) is 0 Å². The number of amides is 1. The van der Waals surface area contributed by atoms with Crippen LogP contribution in [0.15, 0.2) is 42.5 Å². The Kier molecular flexibility index (Phi) is 4.74. The Hall–Kier alpha value is -3.48. The van der Waals surface area contributed by atoms with E-state index >= 15 is 0 Å². The zero-order valence-electron chi connectivity index (χ0n) is 12.6. The third-order valence-electron chi connectivity index (χ3n) is 3.28. The summed E-state index contributed by atoms with van der Waals surface area (Å²) in [5.74, 6) is -3.32. The van der Waals surface area contributed by atoms with Crippen LogP contribution in [0.4, 0.5) is 5.69 Å². The van der Waals surface area contributed by atoms with Gasteiger partial charge >= 0.3 is 11.9 Å². The number of hydrogen-bond donors (Lipinski definition) is 3. The highest BCUT2D eigenvalue weighted by molar-refractivity contribution is 6.13. The number of hydrogen-bond acceptors (Lipinski definition) is 4. The second kappa shape index (κ2) is 6.74. The smallest absolute Gasteiger partial charge is 0.335 e. The molecule has 7 nitrogen and oxygen atoms in total. The fourth-order valence-electron chi connectivity index (χ4n) is 2.06. The van der Waals surface area contributed by atoms with E-state index in [2.05, 4.69) is 5.32 Å². The number of carbonyl (C=O) groups is 4. The lowest BCUT2D eigenvalue weighted by Gasteiger charge is -2.09. The molecule has 0 radical (unpaired) electrons. The van der Waals surface area contributed by atoms with Crippen LogP contribution in [0.5, 0.6) is 0 Å². The molecule has 0 unspecified atom stereocenters. The molecule has 7 heteroatoms. The summed E-state index contributed by atoms with van der Waals surface area (Å²) in [6.07, 6.45) is 0. The van der Waals surface area contributed by atoms with E-state index in [0.29, 0.717) is 5.69 Å². The number of carboxylic acids is 2. The Labute approximate surface area is 136 Å². The molecule has 2 rings (SSSR count). The van der Waals surface area contributed by atoms with Crippen molar-refractivity contribution in [2.45, 2.75) is 6.92 Å². The normalized spacial score (nSPS) is 10.0. The number of carbonyl (C=O) groups excluding carboxylic acids is 2. The van der Waals surface area contributed by atoms with Crippen molar-refractivity contribution < 1.29 is 29.4 Å². The number of benzene rings is 2. The van der Waals surface area contributed by atoms with Crippen LogP contribution in [0.1, 0.15) is 48.4 Å². The van der Waals surface area contributed by atoms with Gasteiger partial charge in [0.25, 0.3) is 5.91 Å². The molecule has 0 spiro atoms. The first-order valence-corrected chi connectivity index (χ1v) is 6.82. The molecule has 0 bridgehead atoms. The molecule has 2 aromatic rings. The Bertz CT molecular complexity index is 839. The molecule has 0 saturated heterocycles. The molecule has 2 aromatic carbocycles. The predicted molar refractivity (Wildman–Crippen MR) is 84.8 cm³/mol. The van der Waals surface area contributed by atoms with Crippen LogP contribution < -0.4 is 5.32 Å². The number of rotatable bonds is 5. The molecule has 24 heavy (non-hydrogen) atoms. The SMILES string of the molecule is CC(=O)c1cc(C(=O)O)ccc1C(=O)Nc1ccc(C(=O)O)cc1. The molecule has 0 heterocycles. The van der Waals surface area contributed by atoms with Gasteiger partial charge in [-0.15, -0.1) is 0 Å². The molecule has 0 atom stereocenters. The molecule has 0 aliphatic heterocycles. The molecule has 1 amide bonds. The van der Waals surface area contributed by atoms with E-state index in [-0.39, 0.29) is 22.3 Å². The van der Waals surface area contributed by atoms with Crippen molar-refractivity contribution in [3.8, 4) is 0 Å². The highest BCUT2D eigenvalue weighted by Crippen LogP contribution is 2.17. The van der Waals surface area contributed by atoms with Crippen LogP contribution in [0.2, 0.25) is 0 Å². The summed E-state index contributed by atoms with van der Waals surface area (Å²) < 4.78 is 0. The molecule has 0 aliphatic rings. The zero-order chi connectivity index (χ0) is 17.9. The van der Waals surface area contributed by atoms with Gasteiger partial charge in [0.2, 0.25) is 0 Å². The number of anilines is 1. The molecule has 0 aliphatic carbocycles. The van der Waals surface area contributed by atoms with Gasteiger partial charge in [0.05, 0.1) is 16.7 Å². The second-order valence-electron chi connectivity index (χ2n) is 4.96. The average molecular weight is 327 g/mol. The fraction of sp³-hybridized carbons (Fsp3) is 0.0588. The first-order chi connectivity index (χ1) is 11.3. The maximum atomic E-state index is 12.3. The summed E-state index contributed by atoms with van der Waals surface area (Å²) in [6, 6.07) is 9.14. The fourth-order valence-corrected chi connectivity index (χ4v) is 2.06. The van der Waals surface area contributed by atoms with E-state index in [1.807, 2.05) is 0 Å². The highest BCUT2D eigenvalue weighted by Gasteiger charge is 2.17. The minimum atomic E-state index is -1.20. The topological polar surface area (TPSA) is 121 Å². The summed E-state index contributed by atoms with van der Waals surface area (Å²) in [4.78, 5) is 45.8. The number of nitrogens with one attached hydrogen (secondary N) is 1. The lowest BCUT2D eigenvalue weighted by molar-refractivity contribution is 0.0686. The third kappa shape index (κ3) is 3.64. The number of Topliss-reactive ketones (excluding diaryl/α,β-unsaturated/α-hetero) is 1. The number of aromatic carboxylic acids is 2. The van der Waals surface area contributed by atoms with Gasteiger partial charge in [-0.05, 0) is 49.4 Å². The maximum Gasteiger partial charge on any atom is 0.335 e. The first-order valence-electron chi connectivity index (χ1n) is 6.82. The monoisotopic (exact) mass is 327 g/mol. The maximum absolute atomic E-state index is 12.3. The van der Waals surface area contributed by atoms with Crippen molar-refractivity contribution in [2.75, 3.05) is 5.32 Å². The van der Waals surface area contributed by atoms with E-state index in [0.717, 1.165) is 6.07 Å². The van der Waals surface area contributed by atoms with Crippen molar-refractivity contribution in [1.29, 1.82) is 0 Å². The summed E-state index contributed by atoms with van der Waals surface area (Å²) >= 11 is 0. The standard InChI is InChI=1S/C17H13NO6/c1-9(19)14-8-11(17(23)24)4-7-13(14)15(20)18-12-5-2-10(3-6-12)16(21)22/h2-8H,1H3,(H,18,20)(H,21,22)(H,23,24). The molecular formula is C17H13NO6. The Morgan fingerprint density at radius 3 is 1.83 bits per heavy atom. The molecule has 0 saturated carbocycles. The Morgan fingerprint density at radius 1 is 0.792 bits per heavy atom. The van der Waals surface area contributed by atoms with Crippen LogP contribution in [-0.2, 0) is 0 Å². The van der Waals surface area contributed by atoms with E-state index in [9.17, 15) is 19.2 Å². The highest BCUT2D eigenvalue weighted by atomic mass is 16.4. The van der Waals surface area contributed by atoms with E-state index in [1.54, 1.807) is 0 Å². The minimum Gasteiger partial charge on any atom is -0.478 e. The van der Waals surface area contributed by atoms with Gasteiger partial charge in [-0.1, -0.05) is 0 Å². The van der Waals surface area contributed by atoms with Gasteiger partial charge in [-0.2, -0.15) is 0 Å². The summed E-state index contributed by atoms with van der Waals surface area (Å²) in [6.45, 7) is 1.24. The van der Waals surface area contributed by atoms with Gasteiger partial charge < -0.3 is 15.5 Å². The van der Waals surface area contributed by atoms with Gasteiger partial charge in [0, 0.05) is 11.3 Å². The average Bonchev–Trinajstić information content (AvgIpc) is 2.54. The van der Waals surface area contributed by atoms with Gasteiger partial charge in [0.1, 0.15) is 0 Å². The van der Waals surface area contributed by atoms with Gasteiger partial charge in [-0.3, -0.25) is 9.59 Å². The number of ketones is 1. The Morgan fingerprint density at radius 2 is 1.33 bits per heavy atom. The summed E-state index contributed by atoms with van der Waals surface area (Å²) in [5, 5.41) is 20.3. The quantitative estimate of drug-likeness (QED) is 0.726. The first kappa shape index (κ1) is 16.9. The van der Waals surface area contributed by atoms with Crippen LogP contribution in [-0.4, -0.2) is 33.8 Å². The molecule has 3 N–H and O–H groups in total. The van der Waals surface area contributed by atoms with Crippen molar-refractivity contribution in [3.05, 3.63) is 64.7 Å². The molecule has 122 valence electrons. The minimum absolute atomic E-state index is 0.00504. The van der Waals surface area contributed by atoms with Crippen molar-refractivity contribution >= 4 is 29.3 Å².